The van der Waals surface area contributed by atoms with Crippen molar-refractivity contribution in [1.82, 2.24) is 15.1 Å². The lowest BCUT2D eigenvalue weighted by Gasteiger charge is -2.16. The Balaban J connectivity index is 1.46. The summed E-state index contributed by atoms with van der Waals surface area (Å²) in [6.45, 7) is 6.57. The van der Waals surface area contributed by atoms with Crippen LogP contribution in [0.5, 0.6) is 0 Å². The Morgan fingerprint density at radius 1 is 1.26 bits per heavy atom. The Kier molecular flexibility index (Phi) is 6.24. The average molecular weight is 385 g/mol. The molecule has 142 valence electrons. The molecule has 0 radical (unpaired) electrons. The normalized spacial score (nSPS) is 12.0. The maximum atomic E-state index is 12.2. The predicted octanol–water partition coefficient (Wildman–Crippen LogP) is 4.60. The molecule has 0 aliphatic heterocycles. The van der Waals surface area contributed by atoms with Crippen molar-refractivity contribution < 1.29 is 9.21 Å². The van der Waals surface area contributed by atoms with E-state index >= 15 is 0 Å². The summed E-state index contributed by atoms with van der Waals surface area (Å²) in [7, 11) is 0. The summed E-state index contributed by atoms with van der Waals surface area (Å²) in [5.74, 6) is 1.72. The lowest BCUT2D eigenvalue weighted by molar-refractivity contribution is 0.247. The van der Waals surface area contributed by atoms with Gasteiger partial charge < -0.3 is 15.1 Å². The fraction of sp³-hybridized carbons (Fsp3) is 0.300. The standard InChI is InChI=1S/C20H24N4O2S/c1-14-11-16(3)24(23-14)12-15(2)21-20(25)22-17-6-8-19(9-7-17)27-13-18-5-4-10-26-18/h4-11,15H,12-13H2,1-3H3,(H2,21,22,25)/t15-/m0/s1. The van der Waals surface area contributed by atoms with E-state index in [0.717, 1.165) is 33.5 Å². The number of benzene rings is 1. The van der Waals surface area contributed by atoms with Crippen molar-refractivity contribution in [2.24, 2.45) is 0 Å². The van der Waals surface area contributed by atoms with Gasteiger partial charge in [-0.25, -0.2) is 4.79 Å². The summed E-state index contributed by atoms with van der Waals surface area (Å²) in [5, 5.41) is 10.2. The number of rotatable bonds is 7. The highest BCUT2D eigenvalue weighted by atomic mass is 32.2. The summed E-state index contributed by atoms with van der Waals surface area (Å²) in [5.41, 5.74) is 2.83. The Bertz CT molecular complexity index is 872. The molecule has 0 aliphatic rings. The number of aromatic nitrogens is 2. The van der Waals surface area contributed by atoms with Crippen LogP contribution >= 0.6 is 11.8 Å². The van der Waals surface area contributed by atoms with Gasteiger partial charge in [-0.15, -0.1) is 11.8 Å². The number of anilines is 1. The minimum absolute atomic E-state index is 0.0360. The van der Waals surface area contributed by atoms with Crippen molar-refractivity contribution in [2.75, 3.05) is 5.32 Å². The molecule has 1 atom stereocenters. The molecule has 6 nitrogen and oxygen atoms in total. The number of thioether (sulfide) groups is 1. The number of furan rings is 1. The predicted molar refractivity (Wildman–Crippen MR) is 108 cm³/mol. The van der Waals surface area contributed by atoms with Gasteiger partial charge in [0.15, 0.2) is 0 Å². The maximum absolute atomic E-state index is 12.2. The Morgan fingerprint density at radius 3 is 2.67 bits per heavy atom. The van der Waals surface area contributed by atoms with Crippen LogP contribution in [0.3, 0.4) is 0 Å². The van der Waals surface area contributed by atoms with Gasteiger partial charge in [-0.1, -0.05) is 0 Å². The van der Waals surface area contributed by atoms with Gasteiger partial charge in [0.2, 0.25) is 0 Å². The van der Waals surface area contributed by atoms with E-state index in [1.807, 2.05) is 67.9 Å². The molecule has 0 bridgehead atoms. The summed E-state index contributed by atoms with van der Waals surface area (Å²) in [4.78, 5) is 13.3. The number of carbonyl (C=O) groups excluding carboxylic acids is 1. The number of hydrogen-bond acceptors (Lipinski definition) is 4. The summed E-state index contributed by atoms with van der Waals surface area (Å²) < 4.78 is 7.24. The smallest absolute Gasteiger partial charge is 0.319 e. The summed E-state index contributed by atoms with van der Waals surface area (Å²) in [6, 6.07) is 13.4. The summed E-state index contributed by atoms with van der Waals surface area (Å²) in [6.07, 6.45) is 1.68. The molecular formula is C20H24N4O2S. The second-order valence-electron chi connectivity index (χ2n) is 6.50. The van der Waals surface area contributed by atoms with E-state index in [-0.39, 0.29) is 12.1 Å². The number of urea groups is 1. The SMILES string of the molecule is Cc1cc(C)n(C[C@H](C)NC(=O)Nc2ccc(SCc3ccco3)cc2)n1. The van der Waals surface area contributed by atoms with Crippen molar-refractivity contribution in [3.8, 4) is 0 Å². The van der Waals surface area contributed by atoms with E-state index in [1.165, 1.54) is 0 Å². The first kappa shape index (κ1) is 19.1. The van der Waals surface area contributed by atoms with Crippen LogP contribution in [0, 0.1) is 13.8 Å². The van der Waals surface area contributed by atoms with Gasteiger partial charge in [-0.2, -0.15) is 5.10 Å². The first-order valence-electron chi connectivity index (χ1n) is 8.83. The molecule has 2 heterocycles. The molecular weight excluding hydrogens is 360 g/mol. The van der Waals surface area contributed by atoms with Gasteiger partial charge >= 0.3 is 6.03 Å². The zero-order valence-electron chi connectivity index (χ0n) is 15.7. The third-order valence-electron chi connectivity index (χ3n) is 4.00. The van der Waals surface area contributed by atoms with Crippen molar-refractivity contribution in [2.45, 2.75) is 44.0 Å². The zero-order chi connectivity index (χ0) is 19.2. The first-order chi connectivity index (χ1) is 13.0. The zero-order valence-corrected chi connectivity index (χ0v) is 16.5. The molecule has 2 aromatic heterocycles. The number of amides is 2. The van der Waals surface area contributed by atoms with E-state index in [9.17, 15) is 4.79 Å². The molecule has 27 heavy (non-hydrogen) atoms. The van der Waals surface area contributed by atoms with E-state index in [4.69, 9.17) is 4.42 Å². The topological polar surface area (TPSA) is 72.1 Å². The van der Waals surface area contributed by atoms with Crippen LogP contribution in [0.4, 0.5) is 10.5 Å². The van der Waals surface area contributed by atoms with Gasteiger partial charge in [0.25, 0.3) is 0 Å². The second kappa shape index (κ2) is 8.81. The van der Waals surface area contributed by atoms with Gasteiger partial charge in [0, 0.05) is 22.3 Å². The molecule has 3 aromatic rings. The number of aryl methyl sites for hydroxylation is 2. The molecule has 0 saturated carbocycles. The largest absolute Gasteiger partial charge is 0.468 e. The molecule has 0 saturated heterocycles. The fourth-order valence-corrected chi connectivity index (χ4v) is 3.54. The second-order valence-corrected chi connectivity index (χ2v) is 7.55. The van der Waals surface area contributed by atoms with E-state index in [0.29, 0.717) is 6.54 Å². The minimum Gasteiger partial charge on any atom is -0.468 e. The van der Waals surface area contributed by atoms with E-state index in [1.54, 1.807) is 18.0 Å². The molecule has 0 aliphatic carbocycles. The van der Waals surface area contributed by atoms with Crippen LogP contribution in [-0.4, -0.2) is 21.9 Å². The van der Waals surface area contributed by atoms with Gasteiger partial charge in [-0.3, -0.25) is 4.68 Å². The molecule has 2 N–H and O–H groups in total. The van der Waals surface area contributed by atoms with Gasteiger partial charge in [-0.05, 0) is 63.2 Å². The molecule has 0 unspecified atom stereocenters. The molecule has 0 spiro atoms. The number of hydrogen-bond donors (Lipinski definition) is 2. The van der Waals surface area contributed by atoms with Crippen LogP contribution in [0.2, 0.25) is 0 Å². The van der Waals surface area contributed by atoms with Crippen molar-refractivity contribution in [1.29, 1.82) is 0 Å². The Morgan fingerprint density at radius 2 is 2.04 bits per heavy atom. The van der Waals surface area contributed by atoms with Crippen LogP contribution < -0.4 is 10.6 Å². The van der Waals surface area contributed by atoms with Crippen molar-refractivity contribution in [3.05, 3.63) is 65.9 Å². The molecule has 0 fully saturated rings. The van der Waals surface area contributed by atoms with E-state index in [2.05, 4.69) is 15.7 Å². The fourth-order valence-electron chi connectivity index (χ4n) is 2.74. The highest BCUT2D eigenvalue weighted by Gasteiger charge is 2.10. The van der Waals surface area contributed by atoms with E-state index < -0.39 is 0 Å². The quantitative estimate of drug-likeness (QED) is 0.584. The average Bonchev–Trinajstić information content (AvgIpc) is 3.24. The number of carbonyl (C=O) groups is 1. The number of nitrogens with one attached hydrogen (secondary N) is 2. The monoisotopic (exact) mass is 384 g/mol. The maximum Gasteiger partial charge on any atom is 0.319 e. The van der Waals surface area contributed by atoms with Crippen LogP contribution in [-0.2, 0) is 12.3 Å². The Labute approximate surface area is 163 Å². The van der Waals surface area contributed by atoms with Crippen LogP contribution in [0.1, 0.15) is 24.1 Å². The van der Waals surface area contributed by atoms with Gasteiger partial charge in [0.05, 0.1) is 24.3 Å². The summed E-state index contributed by atoms with van der Waals surface area (Å²) >= 11 is 1.69. The van der Waals surface area contributed by atoms with Crippen molar-refractivity contribution in [3.63, 3.8) is 0 Å². The third-order valence-corrected chi connectivity index (χ3v) is 5.04. The highest BCUT2D eigenvalue weighted by molar-refractivity contribution is 7.98. The first-order valence-corrected chi connectivity index (χ1v) is 9.82. The highest BCUT2D eigenvalue weighted by Crippen LogP contribution is 2.24. The van der Waals surface area contributed by atoms with Crippen LogP contribution in [0.15, 0.2) is 58.0 Å². The lowest BCUT2D eigenvalue weighted by atomic mass is 10.3. The number of nitrogens with zero attached hydrogens (tertiary/aromatic N) is 2. The molecule has 1 aromatic carbocycles. The lowest BCUT2D eigenvalue weighted by Crippen LogP contribution is -2.38. The molecule has 2 amide bonds. The van der Waals surface area contributed by atoms with Crippen molar-refractivity contribution >= 4 is 23.5 Å². The molecule has 3 rings (SSSR count). The Hall–Kier alpha value is -2.67. The van der Waals surface area contributed by atoms with Gasteiger partial charge in [0.1, 0.15) is 5.76 Å². The minimum atomic E-state index is -0.222. The molecule has 7 heteroatoms. The van der Waals surface area contributed by atoms with Crippen LogP contribution in [0.25, 0.3) is 0 Å². The third kappa shape index (κ3) is 5.65.